The molecule has 0 radical (unpaired) electrons. The van der Waals surface area contributed by atoms with Crippen LogP contribution in [0, 0.1) is 6.92 Å². The van der Waals surface area contributed by atoms with Crippen LogP contribution < -0.4 is 5.32 Å². The van der Waals surface area contributed by atoms with Crippen molar-refractivity contribution in [3.8, 4) is 0 Å². The van der Waals surface area contributed by atoms with Crippen LogP contribution in [0.25, 0.3) is 0 Å². The molecule has 1 atom stereocenters. The highest BCUT2D eigenvalue weighted by Gasteiger charge is 2.34. The highest BCUT2D eigenvalue weighted by Crippen LogP contribution is 2.23. The van der Waals surface area contributed by atoms with Crippen molar-refractivity contribution >= 4 is 15.9 Å². The third kappa shape index (κ3) is 3.18. The number of hydrogen-bond donors (Lipinski definition) is 1. The maximum Gasteiger partial charge on any atom is 0.106 e. The number of methoxy groups -OCH3 is 1. The summed E-state index contributed by atoms with van der Waals surface area (Å²) in [7, 11) is 1.76. The fraction of sp³-hybridized carbons (Fsp3) is 0.769. The van der Waals surface area contributed by atoms with Crippen molar-refractivity contribution in [1.82, 2.24) is 15.1 Å². The van der Waals surface area contributed by atoms with Crippen LogP contribution in [0.3, 0.4) is 0 Å². The lowest BCUT2D eigenvalue weighted by Gasteiger charge is -2.26. The van der Waals surface area contributed by atoms with E-state index in [4.69, 9.17) is 9.47 Å². The number of aryl methyl sites for hydroxylation is 2. The third-order valence-electron chi connectivity index (χ3n) is 3.69. The van der Waals surface area contributed by atoms with Gasteiger partial charge in [0.1, 0.15) is 5.60 Å². The molecule has 19 heavy (non-hydrogen) atoms. The van der Waals surface area contributed by atoms with Crippen molar-refractivity contribution in [2.24, 2.45) is 0 Å². The molecule has 6 heteroatoms. The number of ether oxygens (including phenoxy) is 2. The van der Waals surface area contributed by atoms with Crippen LogP contribution in [0.2, 0.25) is 0 Å². The minimum absolute atomic E-state index is 0.168. The van der Waals surface area contributed by atoms with Crippen LogP contribution in [0.4, 0.5) is 0 Å². The summed E-state index contributed by atoms with van der Waals surface area (Å²) in [5, 5.41) is 7.96. The normalized spacial score (nSPS) is 23.2. The van der Waals surface area contributed by atoms with E-state index in [0.29, 0.717) is 6.61 Å². The third-order valence-corrected chi connectivity index (χ3v) is 4.72. The molecule has 2 rings (SSSR count). The minimum Gasteiger partial charge on any atom is -0.378 e. The summed E-state index contributed by atoms with van der Waals surface area (Å²) in [6, 6.07) is 0. The number of rotatable bonds is 6. The number of halogens is 1. The second kappa shape index (κ2) is 6.35. The molecule has 108 valence electrons. The van der Waals surface area contributed by atoms with Crippen LogP contribution in [0.5, 0.6) is 0 Å². The van der Waals surface area contributed by atoms with E-state index >= 15 is 0 Å². The van der Waals surface area contributed by atoms with Gasteiger partial charge in [0.15, 0.2) is 0 Å². The average Bonchev–Trinajstić information content (AvgIpc) is 2.99. The molecular formula is C13H22BrN3O2. The van der Waals surface area contributed by atoms with Gasteiger partial charge in [0.25, 0.3) is 0 Å². The first-order valence-electron chi connectivity index (χ1n) is 6.67. The summed E-state index contributed by atoms with van der Waals surface area (Å²) in [5.41, 5.74) is 2.05. The summed E-state index contributed by atoms with van der Waals surface area (Å²) in [6.07, 6.45) is 0.948. The zero-order valence-corrected chi connectivity index (χ0v) is 13.4. The van der Waals surface area contributed by atoms with E-state index in [2.05, 4.69) is 33.3 Å². The molecule has 0 spiro atoms. The number of nitrogens with one attached hydrogen (secondary N) is 1. The Hall–Kier alpha value is -0.430. The molecule has 0 aliphatic carbocycles. The van der Waals surface area contributed by atoms with Gasteiger partial charge in [-0.05, 0) is 29.8 Å². The summed E-state index contributed by atoms with van der Waals surface area (Å²) in [5.74, 6) is 0. The van der Waals surface area contributed by atoms with Crippen molar-refractivity contribution in [1.29, 1.82) is 0 Å². The smallest absolute Gasteiger partial charge is 0.106 e. The largest absolute Gasteiger partial charge is 0.378 e. The first-order chi connectivity index (χ1) is 9.12. The van der Waals surface area contributed by atoms with Gasteiger partial charge in [-0.25, -0.2) is 0 Å². The van der Waals surface area contributed by atoms with E-state index in [1.165, 1.54) is 5.69 Å². The fourth-order valence-corrected chi connectivity index (χ4v) is 2.83. The van der Waals surface area contributed by atoms with Crippen molar-refractivity contribution in [2.75, 3.05) is 26.9 Å². The molecule has 0 aromatic carbocycles. The standard InChI is InChI=1S/C13H22BrN3O2/c1-4-17-11(12(14)10(2)16-17)7-15-8-13(18-3)5-6-19-9-13/h15H,4-9H2,1-3H3. The summed E-state index contributed by atoms with van der Waals surface area (Å²) in [4.78, 5) is 0. The van der Waals surface area contributed by atoms with Crippen LogP contribution in [-0.2, 0) is 22.6 Å². The minimum atomic E-state index is -0.168. The van der Waals surface area contributed by atoms with Gasteiger partial charge in [-0.1, -0.05) is 0 Å². The molecule has 2 heterocycles. The molecule has 1 saturated heterocycles. The Morgan fingerprint density at radius 3 is 2.95 bits per heavy atom. The van der Waals surface area contributed by atoms with Gasteiger partial charge in [-0.3, -0.25) is 4.68 Å². The van der Waals surface area contributed by atoms with Crippen LogP contribution in [0.15, 0.2) is 4.47 Å². The SMILES string of the molecule is CCn1nc(C)c(Br)c1CNCC1(OC)CCOC1. The van der Waals surface area contributed by atoms with Gasteiger partial charge >= 0.3 is 0 Å². The van der Waals surface area contributed by atoms with Gasteiger partial charge in [-0.15, -0.1) is 0 Å². The van der Waals surface area contributed by atoms with Crippen molar-refractivity contribution in [3.05, 3.63) is 15.9 Å². The molecule has 0 saturated carbocycles. The van der Waals surface area contributed by atoms with Crippen molar-refractivity contribution in [2.45, 2.75) is 39.0 Å². The maximum atomic E-state index is 5.61. The van der Waals surface area contributed by atoms with Crippen LogP contribution in [-0.4, -0.2) is 42.2 Å². The Balaban J connectivity index is 1.95. The number of aromatic nitrogens is 2. The molecule has 1 fully saturated rings. The fourth-order valence-electron chi connectivity index (χ4n) is 2.41. The molecule has 1 aliphatic rings. The Labute approximate surface area is 122 Å². The molecule has 0 bridgehead atoms. The van der Waals surface area contributed by atoms with Gasteiger partial charge in [-0.2, -0.15) is 5.10 Å². The van der Waals surface area contributed by atoms with E-state index in [1.54, 1.807) is 7.11 Å². The zero-order valence-electron chi connectivity index (χ0n) is 11.8. The van der Waals surface area contributed by atoms with Crippen LogP contribution in [0.1, 0.15) is 24.7 Å². The highest BCUT2D eigenvalue weighted by atomic mass is 79.9. The van der Waals surface area contributed by atoms with Crippen LogP contribution >= 0.6 is 15.9 Å². The monoisotopic (exact) mass is 331 g/mol. The molecule has 1 N–H and O–H groups in total. The van der Waals surface area contributed by atoms with Gasteiger partial charge in [0.2, 0.25) is 0 Å². The number of nitrogens with zero attached hydrogens (tertiary/aromatic N) is 2. The number of hydrogen-bond acceptors (Lipinski definition) is 4. The topological polar surface area (TPSA) is 48.3 Å². The first kappa shape index (κ1) is 15.0. The molecule has 5 nitrogen and oxygen atoms in total. The van der Waals surface area contributed by atoms with E-state index in [9.17, 15) is 0 Å². The molecule has 1 aromatic rings. The highest BCUT2D eigenvalue weighted by molar-refractivity contribution is 9.10. The average molecular weight is 332 g/mol. The first-order valence-corrected chi connectivity index (χ1v) is 7.46. The lowest BCUT2D eigenvalue weighted by atomic mass is 10.0. The second-order valence-electron chi connectivity index (χ2n) is 4.96. The Morgan fingerprint density at radius 2 is 2.37 bits per heavy atom. The molecular weight excluding hydrogens is 310 g/mol. The molecule has 0 amide bonds. The summed E-state index contributed by atoms with van der Waals surface area (Å²) < 4.78 is 14.2. The quantitative estimate of drug-likeness (QED) is 0.864. The predicted molar refractivity (Wildman–Crippen MR) is 77.2 cm³/mol. The molecule has 1 aromatic heterocycles. The van der Waals surface area contributed by atoms with E-state index in [1.807, 2.05) is 11.6 Å². The summed E-state index contributed by atoms with van der Waals surface area (Å²) >= 11 is 3.61. The van der Waals surface area contributed by atoms with Gasteiger partial charge in [0.05, 0.1) is 22.5 Å². The Morgan fingerprint density at radius 1 is 1.58 bits per heavy atom. The second-order valence-corrected chi connectivity index (χ2v) is 5.75. The summed E-state index contributed by atoms with van der Waals surface area (Å²) in [6.45, 7) is 8.02. The van der Waals surface area contributed by atoms with E-state index in [-0.39, 0.29) is 5.60 Å². The maximum absolute atomic E-state index is 5.61. The van der Waals surface area contributed by atoms with E-state index < -0.39 is 0 Å². The molecule has 1 aliphatic heterocycles. The lowest BCUT2D eigenvalue weighted by molar-refractivity contribution is -0.0160. The van der Waals surface area contributed by atoms with Gasteiger partial charge in [0, 0.05) is 39.8 Å². The van der Waals surface area contributed by atoms with E-state index in [0.717, 1.165) is 42.8 Å². The van der Waals surface area contributed by atoms with Crippen molar-refractivity contribution in [3.63, 3.8) is 0 Å². The van der Waals surface area contributed by atoms with Crippen molar-refractivity contribution < 1.29 is 9.47 Å². The Kier molecular flexibility index (Phi) is 5.00. The lowest BCUT2D eigenvalue weighted by Crippen LogP contribution is -2.43. The predicted octanol–water partition coefficient (Wildman–Crippen LogP) is 1.87. The zero-order chi connectivity index (χ0) is 13.9. The van der Waals surface area contributed by atoms with Gasteiger partial charge < -0.3 is 14.8 Å². The molecule has 1 unspecified atom stereocenters. The Bertz CT molecular complexity index is 428.